The predicted octanol–water partition coefficient (Wildman–Crippen LogP) is 1.48. The number of nitrogens with zero attached hydrogens (tertiary/aromatic N) is 2. The van der Waals surface area contributed by atoms with Crippen molar-refractivity contribution in [2.24, 2.45) is 0 Å². The molecule has 0 aromatic carbocycles. The molecule has 0 saturated carbocycles. The van der Waals surface area contributed by atoms with Crippen molar-refractivity contribution in [2.75, 3.05) is 12.8 Å². The predicted molar refractivity (Wildman–Crippen MR) is 44.9 cm³/mol. The van der Waals surface area contributed by atoms with Gasteiger partial charge in [0.1, 0.15) is 17.5 Å². The number of pyridine rings is 1. The summed E-state index contributed by atoms with van der Waals surface area (Å²) in [6.07, 6.45) is -2.75. The lowest BCUT2D eigenvalue weighted by atomic mass is 10.2. The highest BCUT2D eigenvalue weighted by atomic mass is 19.3. The Balaban J connectivity index is 3.34. The molecule has 0 aliphatic rings. The maximum absolute atomic E-state index is 12.3. The summed E-state index contributed by atoms with van der Waals surface area (Å²) in [5.41, 5.74) is 4.81. The first-order valence-corrected chi connectivity index (χ1v) is 3.62. The Bertz CT molecular complexity index is 387. The normalized spacial score (nSPS) is 9.93. The number of nitrogens with two attached hydrogens (primary N) is 1. The third-order valence-corrected chi connectivity index (χ3v) is 1.58. The van der Waals surface area contributed by atoms with E-state index in [1.54, 1.807) is 6.07 Å². The molecule has 14 heavy (non-hydrogen) atoms. The van der Waals surface area contributed by atoms with Crippen LogP contribution in [0.3, 0.4) is 0 Å². The number of nitrogen functional groups attached to an aromatic ring is 1. The van der Waals surface area contributed by atoms with Crippen LogP contribution in [-0.4, -0.2) is 12.1 Å². The molecule has 0 aliphatic carbocycles. The van der Waals surface area contributed by atoms with Crippen LogP contribution in [0.4, 0.5) is 14.5 Å². The monoisotopic (exact) mass is 199 g/mol. The molecule has 1 heterocycles. The average Bonchev–Trinajstić information content (AvgIpc) is 2.17. The van der Waals surface area contributed by atoms with E-state index in [1.165, 1.54) is 7.11 Å². The summed E-state index contributed by atoms with van der Waals surface area (Å²) in [6, 6.07) is 2.63. The lowest BCUT2D eigenvalue weighted by molar-refractivity contribution is 0.145. The molecular weight excluding hydrogens is 192 g/mol. The van der Waals surface area contributed by atoms with Crippen LogP contribution in [0, 0.1) is 11.3 Å². The van der Waals surface area contributed by atoms with Gasteiger partial charge in [0.25, 0.3) is 6.43 Å². The van der Waals surface area contributed by atoms with Gasteiger partial charge in [0.2, 0.25) is 5.88 Å². The van der Waals surface area contributed by atoms with Gasteiger partial charge in [-0.2, -0.15) is 5.26 Å². The van der Waals surface area contributed by atoms with Gasteiger partial charge >= 0.3 is 0 Å². The number of aromatic nitrogens is 1. The number of alkyl halides is 2. The van der Waals surface area contributed by atoms with Gasteiger partial charge in [0.15, 0.2) is 0 Å². The lowest BCUT2D eigenvalue weighted by Crippen LogP contribution is -2.02. The van der Waals surface area contributed by atoms with Crippen LogP contribution in [0.15, 0.2) is 6.07 Å². The van der Waals surface area contributed by atoms with Crippen LogP contribution < -0.4 is 10.5 Å². The molecule has 1 aromatic heterocycles. The Kier molecular flexibility index (Phi) is 2.82. The van der Waals surface area contributed by atoms with E-state index in [9.17, 15) is 8.78 Å². The van der Waals surface area contributed by atoms with Crippen molar-refractivity contribution in [3.8, 4) is 11.9 Å². The molecule has 1 aromatic rings. The standard InChI is InChI=1S/C8H7F2N3O/c1-14-8-6(12)4(3-11)2-5(13-8)7(9)10/h2,7H,12H2,1H3. The molecule has 4 nitrogen and oxygen atoms in total. The fourth-order valence-electron chi connectivity index (χ4n) is 0.910. The largest absolute Gasteiger partial charge is 0.479 e. The Labute approximate surface area is 78.9 Å². The summed E-state index contributed by atoms with van der Waals surface area (Å²) >= 11 is 0. The van der Waals surface area contributed by atoms with Crippen molar-refractivity contribution in [3.63, 3.8) is 0 Å². The zero-order valence-corrected chi connectivity index (χ0v) is 7.29. The molecule has 0 bridgehead atoms. The van der Waals surface area contributed by atoms with E-state index in [4.69, 9.17) is 11.0 Å². The number of methoxy groups -OCH3 is 1. The van der Waals surface area contributed by atoms with Gasteiger partial charge in [-0.25, -0.2) is 13.8 Å². The second-order valence-corrected chi connectivity index (χ2v) is 2.43. The number of rotatable bonds is 2. The van der Waals surface area contributed by atoms with Gasteiger partial charge < -0.3 is 10.5 Å². The summed E-state index contributed by atoms with van der Waals surface area (Å²) in [5, 5.41) is 8.59. The first kappa shape index (κ1) is 10.2. The Morgan fingerprint density at radius 1 is 1.64 bits per heavy atom. The van der Waals surface area contributed by atoms with Crippen molar-refractivity contribution in [3.05, 3.63) is 17.3 Å². The van der Waals surface area contributed by atoms with Crippen molar-refractivity contribution >= 4 is 5.69 Å². The number of halogens is 2. The minimum Gasteiger partial charge on any atom is -0.479 e. The molecule has 0 fully saturated rings. The Morgan fingerprint density at radius 2 is 2.29 bits per heavy atom. The third kappa shape index (κ3) is 1.71. The second kappa shape index (κ2) is 3.87. The molecule has 0 unspecified atom stereocenters. The summed E-state index contributed by atoms with van der Waals surface area (Å²) in [5.74, 6) is -0.153. The molecular formula is C8H7F2N3O. The summed E-state index contributed by atoms with van der Waals surface area (Å²) in [4.78, 5) is 3.45. The van der Waals surface area contributed by atoms with E-state index in [1.807, 2.05) is 0 Å². The van der Waals surface area contributed by atoms with Gasteiger partial charge in [-0.3, -0.25) is 0 Å². The van der Waals surface area contributed by atoms with E-state index in [-0.39, 0.29) is 17.1 Å². The number of hydrogen-bond acceptors (Lipinski definition) is 4. The topological polar surface area (TPSA) is 71.9 Å². The number of anilines is 1. The van der Waals surface area contributed by atoms with Gasteiger partial charge in [-0.05, 0) is 6.07 Å². The SMILES string of the molecule is COc1nc(C(F)F)cc(C#N)c1N. The van der Waals surface area contributed by atoms with Crippen LogP contribution in [0.1, 0.15) is 17.7 Å². The Hall–Kier alpha value is -1.90. The quantitative estimate of drug-likeness (QED) is 0.782. The Morgan fingerprint density at radius 3 is 2.71 bits per heavy atom. The van der Waals surface area contributed by atoms with E-state index in [0.29, 0.717) is 0 Å². The van der Waals surface area contributed by atoms with Crippen LogP contribution in [0.5, 0.6) is 5.88 Å². The smallest absolute Gasteiger partial charge is 0.280 e. The molecule has 74 valence electrons. The zero-order chi connectivity index (χ0) is 10.7. The highest BCUT2D eigenvalue weighted by molar-refractivity contribution is 5.61. The summed E-state index contributed by atoms with van der Waals surface area (Å²) < 4.78 is 29.2. The van der Waals surface area contributed by atoms with Crippen LogP contribution in [-0.2, 0) is 0 Å². The zero-order valence-electron chi connectivity index (χ0n) is 7.29. The summed E-state index contributed by atoms with van der Waals surface area (Å²) in [7, 11) is 1.25. The average molecular weight is 199 g/mol. The van der Waals surface area contributed by atoms with Crippen molar-refractivity contribution < 1.29 is 13.5 Å². The van der Waals surface area contributed by atoms with Crippen LogP contribution in [0.25, 0.3) is 0 Å². The molecule has 0 spiro atoms. The minimum absolute atomic E-state index is 0.0283. The lowest BCUT2D eigenvalue weighted by Gasteiger charge is -2.07. The van der Waals surface area contributed by atoms with E-state index in [0.717, 1.165) is 6.07 Å². The van der Waals surface area contributed by atoms with E-state index < -0.39 is 12.1 Å². The molecule has 0 atom stereocenters. The van der Waals surface area contributed by atoms with E-state index >= 15 is 0 Å². The first-order valence-electron chi connectivity index (χ1n) is 3.62. The fourth-order valence-corrected chi connectivity index (χ4v) is 0.910. The molecule has 2 N–H and O–H groups in total. The van der Waals surface area contributed by atoms with Crippen molar-refractivity contribution in [2.45, 2.75) is 6.43 Å². The van der Waals surface area contributed by atoms with Crippen LogP contribution >= 0.6 is 0 Å². The van der Waals surface area contributed by atoms with Crippen molar-refractivity contribution in [1.82, 2.24) is 4.98 Å². The van der Waals surface area contributed by atoms with Gasteiger partial charge in [0.05, 0.1) is 12.7 Å². The first-order chi connectivity index (χ1) is 6.60. The maximum atomic E-state index is 12.3. The third-order valence-electron chi connectivity index (χ3n) is 1.58. The van der Waals surface area contributed by atoms with Crippen molar-refractivity contribution in [1.29, 1.82) is 5.26 Å². The van der Waals surface area contributed by atoms with Gasteiger partial charge in [-0.1, -0.05) is 0 Å². The highest BCUT2D eigenvalue weighted by Gasteiger charge is 2.15. The van der Waals surface area contributed by atoms with Gasteiger partial charge in [-0.15, -0.1) is 0 Å². The maximum Gasteiger partial charge on any atom is 0.280 e. The molecule has 0 aliphatic heterocycles. The molecule has 6 heteroatoms. The van der Waals surface area contributed by atoms with Crippen LogP contribution in [0.2, 0.25) is 0 Å². The highest BCUT2D eigenvalue weighted by Crippen LogP contribution is 2.27. The number of hydrogen-bond donors (Lipinski definition) is 1. The molecule has 1 rings (SSSR count). The van der Waals surface area contributed by atoms with Gasteiger partial charge in [0, 0.05) is 0 Å². The molecule has 0 amide bonds. The summed E-state index contributed by atoms with van der Waals surface area (Å²) in [6.45, 7) is 0. The molecule has 0 radical (unpaired) electrons. The number of nitriles is 1. The molecule has 0 saturated heterocycles. The van der Waals surface area contributed by atoms with E-state index in [2.05, 4.69) is 9.72 Å². The minimum atomic E-state index is -2.75. The fraction of sp³-hybridized carbons (Fsp3) is 0.250. The second-order valence-electron chi connectivity index (χ2n) is 2.43. The number of ether oxygens (including phenoxy) is 1.